The summed E-state index contributed by atoms with van der Waals surface area (Å²) in [5.41, 5.74) is 11.1. The van der Waals surface area contributed by atoms with Crippen molar-refractivity contribution >= 4 is 93.6 Å². The minimum absolute atomic E-state index is 0.573. The lowest BCUT2D eigenvalue weighted by Gasteiger charge is -2.26. The van der Waals surface area contributed by atoms with E-state index in [1.807, 2.05) is 60.7 Å². The summed E-state index contributed by atoms with van der Waals surface area (Å²) < 4.78 is 19.3. The van der Waals surface area contributed by atoms with Gasteiger partial charge in [-0.1, -0.05) is 97.1 Å². The molecule has 0 fully saturated rings. The van der Waals surface area contributed by atoms with Crippen molar-refractivity contribution in [1.82, 2.24) is 4.98 Å². The SMILES string of the molecule is c1ccc2cc(-c3ccc4cc(N(c5ccc6c(c5)oc5cccc(-c7nc8ccccc8o7)c56)c5cccc6oc7ccccc7c56)ccc4c3)ccc2c1. The summed E-state index contributed by atoms with van der Waals surface area (Å²) in [6.45, 7) is 0. The Hall–Kier alpha value is -7.63. The van der Waals surface area contributed by atoms with Crippen molar-refractivity contribution in [3.05, 3.63) is 182 Å². The molecule has 9 aromatic carbocycles. The Balaban J connectivity index is 1.04. The maximum absolute atomic E-state index is 6.63. The Kier molecular flexibility index (Phi) is 6.56. The van der Waals surface area contributed by atoms with E-state index in [2.05, 4.69) is 126 Å². The van der Waals surface area contributed by atoms with Gasteiger partial charge in [-0.05, 0) is 112 Å². The van der Waals surface area contributed by atoms with Crippen molar-refractivity contribution in [1.29, 1.82) is 0 Å². The number of benzene rings is 9. The minimum atomic E-state index is 0.573. The number of oxazole rings is 1. The molecular weight excluding hydrogens is 689 g/mol. The Bertz CT molecular complexity index is 3480. The Morgan fingerprint density at radius 3 is 1.86 bits per heavy atom. The lowest BCUT2D eigenvalue weighted by atomic mass is 9.98. The fraction of sp³-hybridized carbons (Fsp3) is 0. The second-order valence-electron chi connectivity index (χ2n) is 14.3. The lowest BCUT2D eigenvalue weighted by molar-refractivity contribution is 0.620. The highest BCUT2D eigenvalue weighted by Crippen LogP contribution is 2.46. The van der Waals surface area contributed by atoms with Crippen LogP contribution >= 0.6 is 0 Å². The van der Waals surface area contributed by atoms with Gasteiger partial charge < -0.3 is 18.2 Å². The summed E-state index contributed by atoms with van der Waals surface area (Å²) in [5, 5.41) is 8.89. The fourth-order valence-corrected chi connectivity index (χ4v) is 8.41. The molecule has 0 atom stereocenters. The van der Waals surface area contributed by atoms with E-state index in [9.17, 15) is 0 Å². The van der Waals surface area contributed by atoms with Gasteiger partial charge in [-0.3, -0.25) is 0 Å². The predicted molar refractivity (Wildman–Crippen MR) is 229 cm³/mol. The summed E-state index contributed by atoms with van der Waals surface area (Å²) >= 11 is 0. The van der Waals surface area contributed by atoms with Crippen LogP contribution in [-0.4, -0.2) is 4.98 Å². The standard InChI is InChI=1S/C51H30N2O3/c1-2-10-32-27-33(20-19-31(32)9-1)34-21-22-36-29-37(24-23-35(36)28-34)53(43-14-8-18-47-50(43)39-11-3-5-15-44(39)54-47)38-25-26-40-48(30-38)55-46-17-7-12-41(49(40)46)51-52-42-13-4-6-16-45(42)56-51/h1-30H. The van der Waals surface area contributed by atoms with E-state index in [4.69, 9.17) is 18.2 Å². The zero-order valence-electron chi connectivity index (χ0n) is 29.9. The molecule has 5 heteroatoms. The molecule has 0 N–H and O–H groups in total. The van der Waals surface area contributed by atoms with Gasteiger partial charge in [-0.2, -0.15) is 0 Å². The molecule has 0 spiro atoms. The smallest absolute Gasteiger partial charge is 0.228 e. The van der Waals surface area contributed by atoms with E-state index in [0.717, 1.165) is 83.0 Å². The summed E-state index contributed by atoms with van der Waals surface area (Å²) in [6, 6.07) is 63.5. The van der Waals surface area contributed by atoms with Crippen molar-refractivity contribution < 1.29 is 13.3 Å². The monoisotopic (exact) mass is 718 g/mol. The highest BCUT2D eigenvalue weighted by atomic mass is 16.4. The Labute approximate surface area is 320 Å². The summed E-state index contributed by atoms with van der Waals surface area (Å²) in [6.07, 6.45) is 0. The number of hydrogen-bond donors (Lipinski definition) is 0. The third-order valence-corrected chi connectivity index (χ3v) is 11.0. The average Bonchev–Trinajstić information content (AvgIpc) is 3.97. The van der Waals surface area contributed by atoms with Crippen molar-refractivity contribution in [2.75, 3.05) is 4.90 Å². The van der Waals surface area contributed by atoms with Crippen LogP contribution in [0.1, 0.15) is 0 Å². The topological polar surface area (TPSA) is 55.6 Å². The Morgan fingerprint density at radius 1 is 0.375 bits per heavy atom. The molecule has 5 nitrogen and oxygen atoms in total. The molecule has 0 saturated carbocycles. The molecule has 262 valence electrons. The van der Waals surface area contributed by atoms with Gasteiger partial charge in [0, 0.05) is 39.2 Å². The summed E-state index contributed by atoms with van der Waals surface area (Å²) in [7, 11) is 0. The number of rotatable bonds is 5. The average molecular weight is 719 g/mol. The van der Waals surface area contributed by atoms with Crippen LogP contribution in [0.15, 0.2) is 195 Å². The highest BCUT2D eigenvalue weighted by molar-refractivity contribution is 6.15. The third-order valence-electron chi connectivity index (χ3n) is 11.0. The Morgan fingerprint density at radius 2 is 0.982 bits per heavy atom. The van der Waals surface area contributed by atoms with Crippen molar-refractivity contribution in [2.24, 2.45) is 0 Å². The van der Waals surface area contributed by atoms with Crippen LogP contribution in [0.25, 0.3) is 99.1 Å². The molecule has 0 aliphatic carbocycles. The molecule has 3 aromatic heterocycles. The second kappa shape index (κ2) is 11.9. The van der Waals surface area contributed by atoms with Crippen LogP contribution in [0.2, 0.25) is 0 Å². The molecule has 0 saturated heterocycles. The first kappa shape index (κ1) is 30.8. The summed E-state index contributed by atoms with van der Waals surface area (Å²) in [5.74, 6) is 0.573. The molecule has 0 bridgehead atoms. The highest BCUT2D eigenvalue weighted by Gasteiger charge is 2.22. The zero-order chi connectivity index (χ0) is 36.7. The van der Waals surface area contributed by atoms with Gasteiger partial charge in [0.15, 0.2) is 5.58 Å². The van der Waals surface area contributed by atoms with Crippen molar-refractivity contribution in [3.8, 4) is 22.6 Å². The van der Waals surface area contributed by atoms with Crippen molar-refractivity contribution in [3.63, 3.8) is 0 Å². The van der Waals surface area contributed by atoms with Crippen LogP contribution < -0.4 is 4.90 Å². The van der Waals surface area contributed by atoms with E-state index < -0.39 is 0 Å². The van der Waals surface area contributed by atoms with Crippen LogP contribution in [0.4, 0.5) is 17.1 Å². The number of para-hydroxylation sites is 3. The van der Waals surface area contributed by atoms with E-state index >= 15 is 0 Å². The van der Waals surface area contributed by atoms with Gasteiger partial charge in [0.1, 0.15) is 27.8 Å². The second-order valence-corrected chi connectivity index (χ2v) is 14.3. The molecule has 0 aliphatic heterocycles. The molecule has 0 aliphatic rings. The number of nitrogens with zero attached hydrogens (tertiary/aromatic N) is 2. The van der Waals surface area contributed by atoms with Gasteiger partial charge in [-0.25, -0.2) is 4.98 Å². The van der Waals surface area contributed by atoms with Gasteiger partial charge in [-0.15, -0.1) is 0 Å². The zero-order valence-corrected chi connectivity index (χ0v) is 29.9. The molecule has 12 rings (SSSR count). The maximum atomic E-state index is 6.63. The van der Waals surface area contributed by atoms with Crippen LogP contribution in [0.3, 0.4) is 0 Å². The molecule has 3 heterocycles. The van der Waals surface area contributed by atoms with Crippen LogP contribution in [0.5, 0.6) is 0 Å². The number of furan rings is 2. The van der Waals surface area contributed by atoms with E-state index in [1.165, 1.54) is 27.3 Å². The molecule has 0 radical (unpaired) electrons. The molecular formula is C51H30N2O3. The molecule has 0 amide bonds. The fourth-order valence-electron chi connectivity index (χ4n) is 8.41. The number of fused-ring (bicyclic) bond motifs is 9. The van der Waals surface area contributed by atoms with E-state index in [-0.39, 0.29) is 0 Å². The molecule has 56 heavy (non-hydrogen) atoms. The van der Waals surface area contributed by atoms with Crippen LogP contribution in [0, 0.1) is 0 Å². The van der Waals surface area contributed by atoms with Gasteiger partial charge in [0.25, 0.3) is 0 Å². The number of hydrogen-bond acceptors (Lipinski definition) is 5. The van der Waals surface area contributed by atoms with Gasteiger partial charge in [0.05, 0.1) is 11.1 Å². The van der Waals surface area contributed by atoms with Gasteiger partial charge >= 0.3 is 0 Å². The van der Waals surface area contributed by atoms with Crippen molar-refractivity contribution in [2.45, 2.75) is 0 Å². The van der Waals surface area contributed by atoms with E-state index in [0.29, 0.717) is 5.89 Å². The van der Waals surface area contributed by atoms with Crippen LogP contribution in [-0.2, 0) is 0 Å². The minimum Gasteiger partial charge on any atom is -0.456 e. The number of aromatic nitrogens is 1. The first-order chi connectivity index (χ1) is 27.7. The first-order valence-electron chi connectivity index (χ1n) is 18.8. The first-order valence-corrected chi connectivity index (χ1v) is 18.8. The maximum Gasteiger partial charge on any atom is 0.228 e. The molecule has 12 aromatic rings. The third kappa shape index (κ3) is 4.78. The van der Waals surface area contributed by atoms with E-state index in [1.54, 1.807) is 0 Å². The summed E-state index contributed by atoms with van der Waals surface area (Å²) in [4.78, 5) is 7.14. The number of anilines is 3. The largest absolute Gasteiger partial charge is 0.456 e. The predicted octanol–water partition coefficient (Wildman–Crippen LogP) is 14.7. The molecule has 0 unspecified atom stereocenters. The normalized spacial score (nSPS) is 11.9. The lowest BCUT2D eigenvalue weighted by Crippen LogP contribution is -2.10. The quantitative estimate of drug-likeness (QED) is 0.177. The van der Waals surface area contributed by atoms with Gasteiger partial charge in [0.2, 0.25) is 5.89 Å².